The second kappa shape index (κ2) is 11.6. The summed E-state index contributed by atoms with van der Waals surface area (Å²) in [5, 5.41) is 19.2. The standard InChI is InChI=1S/C36H50N4O7Si/c1-18-23(37-34(44)24-13-12-14-40(24)8)17-25(45-9)21-15-20-16-22-29(39(6)7)31-27(19(2)38-46-31)32(42)36(22,47-48(10,11)35(3,4)5)33(43)28(20)30(41)26(18)21/h17,20,22,24,29,41H,12-16H2,1-11H3,(H,37,44)/t20-,22-,24-,29-,36+/m0/s1. The summed E-state index contributed by atoms with van der Waals surface area (Å²) in [6.45, 7) is 14.7. The van der Waals surface area contributed by atoms with Gasteiger partial charge in [-0.1, -0.05) is 25.9 Å². The number of rotatable bonds is 6. The number of aliphatic hydroxyl groups excluding tert-OH is 1. The van der Waals surface area contributed by atoms with E-state index in [1.54, 1.807) is 14.0 Å². The van der Waals surface area contributed by atoms with Gasteiger partial charge in [-0.2, -0.15) is 0 Å². The predicted octanol–water partition coefficient (Wildman–Crippen LogP) is 5.62. The number of nitrogens with one attached hydrogen (secondary N) is 1. The van der Waals surface area contributed by atoms with E-state index in [4.69, 9.17) is 13.7 Å². The summed E-state index contributed by atoms with van der Waals surface area (Å²) in [6, 6.07) is 1.10. The van der Waals surface area contributed by atoms with Crippen LogP contribution < -0.4 is 10.1 Å². The van der Waals surface area contributed by atoms with Gasteiger partial charge in [-0.05, 0) is 96.8 Å². The molecule has 260 valence electrons. The van der Waals surface area contributed by atoms with Gasteiger partial charge in [0.25, 0.3) is 0 Å². The van der Waals surface area contributed by atoms with Crippen LogP contribution >= 0.6 is 0 Å². The van der Waals surface area contributed by atoms with E-state index < -0.39 is 43.4 Å². The highest BCUT2D eigenvalue weighted by atomic mass is 28.4. The van der Waals surface area contributed by atoms with Crippen molar-refractivity contribution in [2.45, 2.75) is 96.1 Å². The number of carbonyl (C=O) groups excluding carboxylic acids is 3. The average Bonchev–Trinajstić information content (AvgIpc) is 3.60. The summed E-state index contributed by atoms with van der Waals surface area (Å²) in [5.74, 6) is -1.29. The molecule has 1 saturated carbocycles. The van der Waals surface area contributed by atoms with E-state index in [9.17, 15) is 14.7 Å². The Morgan fingerprint density at radius 3 is 2.46 bits per heavy atom. The van der Waals surface area contributed by atoms with E-state index in [1.165, 1.54) is 0 Å². The number of fused-ring (bicyclic) bond motifs is 4. The maximum atomic E-state index is 15.4. The Morgan fingerprint density at radius 2 is 1.88 bits per heavy atom. The Labute approximate surface area is 284 Å². The molecular weight excluding hydrogens is 629 g/mol. The Balaban J connectivity index is 1.55. The highest BCUT2D eigenvalue weighted by molar-refractivity contribution is 6.74. The van der Waals surface area contributed by atoms with Crippen LogP contribution in [-0.2, 0) is 20.4 Å². The van der Waals surface area contributed by atoms with Gasteiger partial charge in [0.15, 0.2) is 19.7 Å². The van der Waals surface area contributed by atoms with Crippen molar-refractivity contribution < 1.29 is 33.2 Å². The van der Waals surface area contributed by atoms with Gasteiger partial charge in [0.1, 0.15) is 11.5 Å². The maximum absolute atomic E-state index is 15.4. The molecule has 11 nitrogen and oxygen atoms in total. The number of benzene rings is 1. The first-order chi connectivity index (χ1) is 22.4. The number of aromatic nitrogens is 1. The van der Waals surface area contributed by atoms with Crippen LogP contribution in [0, 0.1) is 25.7 Å². The lowest BCUT2D eigenvalue weighted by atomic mass is 9.57. The van der Waals surface area contributed by atoms with Crippen molar-refractivity contribution in [2.75, 3.05) is 40.1 Å². The van der Waals surface area contributed by atoms with Crippen LogP contribution in [-0.4, -0.2) is 92.3 Å². The van der Waals surface area contributed by atoms with Gasteiger partial charge in [0.05, 0.1) is 30.5 Å². The summed E-state index contributed by atoms with van der Waals surface area (Å²) in [7, 11) is 4.54. The number of aryl methyl sites for hydroxylation is 1. The van der Waals surface area contributed by atoms with Crippen molar-refractivity contribution in [3.8, 4) is 5.75 Å². The largest absolute Gasteiger partial charge is 0.507 e. The van der Waals surface area contributed by atoms with Gasteiger partial charge in [-0.25, -0.2) is 0 Å². The summed E-state index contributed by atoms with van der Waals surface area (Å²) >= 11 is 0. The smallest absolute Gasteiger partial charge is 0.241 e. The number of aliphatic hydroxyl groups is 1. The van der Waals surface area contributed by atoms with Crippen molar-refractivity contribution >= 4 is 37.2 Å². The molecule has 4 aliphatic rings. The fourth-order valence-electron chi connectivity index (χ4n) is 8.29. The minimum atomic E-state index is -2.78. The normalized spacial score (nSPS) is 27.5. The van der Waals surface area contributed by atoms with Gasteiger partial charge < -0.3 is 24.1 Å². The third-order valence-electron chi connectivity index (χ3n) is 11.8. The number of Topliss-reactive ketones (excluding diaryl/α,β-unsaturated/α-hetero) is 2. The van der Waals surface area contributed by atoms with E-state index in [-0.39, 0.29) is 33.9 Å². The molecule has 6 rings (SSSR count). The van der Waals surface area contributed by atoms with Gasteiger partial charge in [-0.3, -0.25) is 24.2 Å². The van der Waals surface area contributed by atoms with E-state index >= 15 is 4.79 Å². The fraction of sp³-hybridized carbons (Fsp3) is 0.611. The van der Waals surface area contributed by atoms with Crippen LogP contribution in [0.1, 0.15) is 84.6 Å². The van der Waals surface area contributed by atoms with Crippen molar-refractivity contribution in [2.24, 2.45) is 11.8 Å². The zero-order valence-electron chi connectivity index (χ0n) is 30.2. The SMILES string of the molecule is COc1cc(NC(=O)[C@@H]2CCCN2C)c(C)c2c1C[C@H]1C[C@H]3[C@H](N(C)C)c4onc(C)c4C(=O)[C@@]3(O[Si](C)(C)C(C)(C)C)C(=O)C1=C2O. The Bertz CT molecular complexity index is 1740. The molecule has 0 spiro atoms. The number of carbonyl (C=O) groups is 3. The number of anilines is 1. The Morgan fingerprint density at radius 1 is 1.19 bits per heavy atom. The van der Waals surface area contributed by atoms with Crippen molar-refractivity contribution in [3.63, 3.8) is 0 Å². The number of hydrogen-bond donors (Lipinski definition) is 2. The molecule has 1 amide bonds. The zero-order chi connectivity index (χ0) is 35.2. The predicted molar refractivity (Wildman–Crippen MR) is 185 cm³/mol. The molecule has 48 heavy (non-hydrogen) atoms. The number of likely N-dealkylation sites (tertiary alicyclic amines) is 1. The first kappa shape index (κ1) is 34.5. The number of likely N-dealkylation sites (N-methyl/N-ethyl adjacent to an activating group) is 1. The van der Waals surface area contributed by atoms with Crippen LogP contribution in [0.4, 0.5) is 5.69 Å². The number of ether oxygens (including phenoxy) is 1. The number of ketones is 2. The molecular formula is C36H50N4O7Si. The molecule has 2 fully saturated rings. The van der Waals surface area contributed by atoms with Crippen molar-refractivity contribution in [1.82, 2.24) is 15.0 Å². The molecule has 1 saturated heterocycles. The number of methoxy groups -OCH3 is 1. The monoisotopic (exact) mass is 678 g/mol. The first-order valence-electron chi connectivity index (χ1n) is 16.9. The molecule has 12 heteroatoms. The molecule has 1 aliphatic heterocycles. The van der Waals surface area contributed by atoms with Crippen molar-refractivity contribution in [3.05, 3.63) is 45.3 Å². The van der Waals surface area contributed by atoms with E-state index in [1.807, 2.05) is 57.0 Å². The highest BCUT2D eigenvalue weighted by Crippen LogP contribution is 2.58. The van der Waals surface area contributed by atoms with Crippen LogP contribution in [0.2, 0.25) is 18.1 Å². The zero-order valence-corrected chi connectivity index (χ0v) is 31.2. The summed E-state index contributed by atoms with van der Waals surface area (Å²) in [6.07, 6.45) is 2.51. The Kier molecular flexibility index (Phi) is 8.37. The van der Waals surface area contributed by atoms with Crippen molar-refractivity contribution in [1.29, 1.82) is 0 Å². The highest BCUT2D eigenvalue weighted by Gasteiger charge is 2.68. The van der Waals surface area contributed by atoms with Crippen LogP contribution in [0.15, 0.2) is 16.2 Å². The fourth-order valence-corrected chi connectivity index (χ4v) is 9.74. The molecule has 2 heterocycles. The van der Waals surface area contributed by atoms with Gasteiger partial charge in [0, 0.05) is 34.4 Å². The van der Waals surface area contributed by atoms with Gasteiger partial charge in [-0.15, -0.1) is 0 Å². The summed E-state index contributed by atoms with van der Waals surface area (Å²) in [4.78, 5) is 47.7. The molecule has 1 aromatic heterocycles. The number of nitrogens with zero attached hydrogens (tertiary/aromatic N) is 3. The van der Waals surface area contributed by atoms with Gasteiger partial charge in [0.2, 0.25) is 17.5 Å². The van der Waals surface area contributed by atoms with Crippen LogP contribution in [0.25, 0.3) is 5.76 Å². The summed E-state index contributed by atoms with van der Waals surface area (Å²) < 4.78 is 18.8. The minimum Gasteiger partial charge on any atom is -0.507 e. The molecule has 0 bridgehead atoms. The van der Waals surface area contributed by atoms with Crippen LogP contribution in [0.5, 0.6) is 5.75 Å². The second-order valence-corrected chi connectivity index (χ2v) is 20.6. The molecule has 3 aliphatic carbocycles. The third-order valence-corrected chi connectivity index (χ3v) is 16.3. The molecule has 2 N–H and O–H groups in total. The lowest BCUT2D eigenvalue weighted by molar-refractivity contribution is -0.140. The number of amides is 1. The molecule has 0 radical (unpaired) electrons. The molecule has 2 aromatic rings. The second-order valence-electron chi connectivity index (χ2n) is 15.9. The van der Waals surface area contributed by atoms with Gasteiger partial charge >= 0.3 is 0 Å². The molecule has 5 atom stereocenters. The van der Waals surface area contributed by atoms with E-state index in [0.29, 0.717) is 46.9 Å². The maximum Gasteiger partial charge on any atom is 0.241 e. The third kappa shape index (κ3) is 4.93. The van der Waals surface area contributed by atoms with Crippen LogP contribution in [0.3, 0.4) is 0 Å². The molecule has 0 unspecified atom stereocenters. The number of hydrogen-bond acceptors (Lipinski definition) is 10. The summed E-state index contributed by atoms with van der Waals surface area (Å²) in [5.41, 5.74) is 1.39. The lowest BCUT2D eigenvalue weighted by Crippen LogP contribution is -2.68. The topological polar surface area (TPSA) is 134 Å². The first-order valence-corrected chi connectivity index (χ1v) is 19.9. The van der Waals surface area contributed by atoms with E-state index in [2.05, 4.69) is 31.2 Å². The lowest BCUT2D eigenvalue weighted by Gasteiger charge is -2.55. The quantitative estimate of drug-likeness (QED) is 0.293. The molecule has 1 aromatic carbocycles. The minimum absolute atomic E-state index is 0.123. The Hall–Kier alpha value is -3.32. The average molecular weight is 679 g/mol. The van der Waals surface area contributed by atoms with E-state index in [0.717, 1.165) is 24.9 Å².